The van der Waals surface area contributed by atoms with E-state index in [1.54, 1.807) is 14.7 Å². The van der Waals surface area contributed by atoms with Gasteiger partial charge in [0.1, 0.15) is 5.82 Å². The summed E-state index contributed by atoms with van der Waals surface area (Å²) in [6.45, 7) is 0.884. The van der Waals surface area contributed by atoms with Gasteiger partial charge in [-0.3, -0.25) is 9.59 Å². The summed E-state index contributed by atoms with van der Waals surface area (Å²) in [5, 5.41) is 10.1. The van der Waals surface area contributed by atoms with Crippen LogP contribution in [-0.2, 0) is 4.79 Å². The second-order valence-electron chi connectivity index (χ2n) is 8.41. The van der Waals surface area contributed by atoms with Gasteiger partial charge in [-0.15, -0.1) is 0 Å². The molecule has 0 saturated carbocycles. The van der Waals surface area contributed by atoms with E-state index >= 15 is 0 Å². The first-order valence-corrected chi connectivity index (χ1v) is 10.0. The summed E-state index contributed by atoms with van der Waals surface area (Å²) >= 11 is 0. The van der Waals surface area contributed by atoms with Crippen LogP contribution >= 0.6 is 0 Å². The second kappa shape index (κ2) is 7.81. The van der Waals surface area contributed by atoms with E-state index in [0.29, 0.717) is 18.7 Å². The molecule has 2 fully saturated rings. The fraction of sp³-hybridized carbons (Fsp3) is 0.391. The largest absolute Gasteiger partial charge is 0.394 e. The number of carbonyl (C=O) groups is 2. The molecule has 2 heterocycles. The molecule has 0 aromatic heterocycles. The minimum atomic E-state index is -0.530. The van der Waals surface area contributed by atoms with E-state index < -0.39 is 5.54 Å². The van der Waals surface area contributed by atoms with Gasteiger partial charge in [-0.05, 0) is 43.9 Å². The maximum absolute atomic E-state index is 13.2. The molecule has 2 amide bonds. The number of rotatable bonds is 5. The van der Waals surface area contributed by atoms with Gasteiger partial charge in [0.05, 0.1) is 24.7 Å². The third-order valence-electron chi connectivity index (χ3n) is 6.15. The summed E-state index contributed by atoms with van der Waals surface area (Å²) in [5.74, 6) is -0.673. The molecule has 158 valence electrons. The lowest BCUT2D eigenvalue weighted by atomic mass is 9.60. The van der Waals surface area contributed by atoms with Crippen LogP contribution in [0, 0.1) is 5.82 Å². The minimum absolute atomic E-state index is 0.0490. The first kappa shape index (κ1) is 20.5. The van der Waals surface area contributed by atoms with E-state index in [2.05, 4.69) is 0 Å². The molecule has 2 aliphatic rings. The van der Waals surface area contributed by atoms with Gasteiger partial charge in [-0.1, -0.05) is 30.3 Å². The Morgan fingerprint density at radius 2 is 1.73 bits per heavy atom. The lowest BCUT2D eigenvalue weighted by Gasteiger charge is -2.70. The van der Waals surface area contributed by atoms with E-state index in [4.69, 9.17) is 0 Å². The zero-order valence-corrected chi connectivity index (χ0v) is 17.2. The number of halogens is 1. The van der Waals surface area contributed by atoms with Gasteiger partial charge in [0, 0.05) is 24.6 Å². The van der Waals surface area contributed by atoms with Gasteiger partial charge >= 0.3 is 0 Å². The molecule has 0 bridgehead atoms. The highest BCUT2D eigenvalue weighted by Crippen LogP contribution is 2.54. The molecule has 2 aromatic carbocycles. The Labute approximate surface area is 175 Å². The van der Waals surface area contributed by atoms with E-state index in [0.717, 1.165) is 5.56 Å². The maximum Gasteiger partial charge on any atom is 0.254 e. The van der Waals surface area contributed by atoms with Crippen molar-refractivity contribution in [1.29, 1.82) is 0 Å². The van der Waals surface area contributed by atoms with Crippen LogP contribution in [0.2, 0.25) is 0 Å². The Kier molecular flexibility index (Phi) is 5.34. The number of benzene rings is 2. The number of likely N-dealkylation sites (N-methyl/N-ethyl adjacent to an activating group) is 1. The molecule has 4 rings (SSSR count). The standard InChI is InChI=1S/C23H26FN3O3/c1-25(2)12-20(29)27-19(13-28)21(16-6-4-3-5-7-16)23(27)14-26(15-23)22(30)17-8-10-18(24)11-9-17/h3-11,19,21,28H,12-15H2,1-2H3/t19-,21+/m0/s1. The molecule has 30 heavy (non-hydrogen) atoms. The molecular formula is C23H26FN3O3. The second-order valence-corrected chi connectivity index (χ2v) is 8.41. The summed E-state index contributed by atoms with van der Waals surface area (Å²) in [6, 6.07) is 15.0. The van der Waals surface area contributed by atoms with Crippen LogP contribution < -0.4 is 0 Å². The summed E-state index contributed by atoms with van der Waals surface area (Å²) in [6.07, 6.45) is 0. The lowest BCUT2D eigenvalue weighted by molar-refractivity contribution is -0.194. The number of carbonyl (C=O) groups excluding carboxylic acids is 2. The highest BCUT2D eigenvalue weighted by molar-refractivity contribution is 5.95. The Hall–Kier alpha value is -2.77. The Morgan fingerprint density at radius 1 is 1.10 bits per heavy atom. The third kappa shape index (κ3) is 3.28. The summed E-state index contributed by atoms with van der Waals surface area (Å²) in [7, 11) is 3.66. The quantitative estimate of drug-likeness (QED) is 0.811. The van der Waals surface area contributed by atoms with Crippen LogP contribution in [0.1, 0.15) is 21.8 Å². The van der Waals surface area contributed by atoms with Gasteiger partial charge < -0.3 is 19.8 Å². The van der Waals surface area contributed by atoms with Crippen molar-refractivity contribution in [1.82, 2.24) is 14.7 Å². The van der Waals surface area contributed by atoms with Crippen molar-refractivity contribution < 1.29 is 19.1 Å². The highest BCUT2D eigenvalue weighted by Gasteiger charge is 2.67. The average molecular weight is 411 g/mol. The van der Waals surface area contributed by atoms with E-state index in [1.165, 1.54) is 24.3 Å². The van der Waals surface area contributed by atoms with Crippen molar-refractivity contribution in [2.24, 2.45) is 0 Å². The number of likely N-dealkylation sites (tertiary alicyclic amines) is 2. The monoisotopic (exact) mass is 411 g/mol. The number of amides is 2. The van der Waals surface area contributed by atoms with Gasteiger partial charge in [0.2, 0.25) is 5.91 Å². The molecule has 1 N–H and O–H groups in total. The molecule has 0 radical (unpaired) electrons. The van der Waals surface area contributed by atoms with Gasteiger partial charge in [-0.2, -0.15) is 0 Å². The molecule has 0 unspecified atom stereocenters. The first-order chi connectivity index (χ1) is 14.4. The molecule has 6 nitrogen and oxygen atoms in total. The first-order valence-electron chi connectivity index (χ1n) is 10.0. The van der Waals surface area contributed by atoms with Crippen LogP contribution in [0.25, 0.3) is 0 Å². The fourth-order valence-corrected chi connectivity index (χ4v) is 4.95. The third-order valence-corrected chi connectivity index (χ3v) is 6.15. The topological polar surface area (TPSA) is 64.1 Å². The summed E-state index contributed by atoms with van der Waals surface area (Å²) in [5.41, 5.74) is 0.948. The van der Waals surface area contributed by atoms with Crippen molar-refractivity contribution in [3.05, 3.63) is 71.5 Å². The molecule has 2 aromatic rings. The van der Waals surface area contributed by atoms with Crippen molar-refractivity contribution in [2.45, 2.75) is 17.5 Å². The van der Waals surface area contributed by atoms with Crippen LogP contribution in [0.3, 0.4) is 0 Å². The smallest absolute Gasteiger partial charge is 0.254 e. The van der Waals surface area contributed by atoms with Gasteiger partial charge in [-0.25, -0.2) is 4.39 Å². The predicted octanol–water partition coefficient (Wildman–Crippen LogP) is 1.57. The number of hydrogen-bond donors (Lipinski definition) is 1. The zero-order valence-electron chi connectivity index (χ0n) is 17.2. The minimum Gasteiger partial charge on any atom is -0.394 e. The SMILES string of the molecule is CN(C)CC(=O)N1[C@@H](CO)[C@@H](c2ccccc2)C12CN(C(=O)c1ccc(F)cc1)C2. The molecule has 1 spiro atoms. The maximum atomic E-state index is 13.2. The number of nitrogens with zero attached hydrogens (tertiary/aromatic N) is 3. The zero-order chi connectivity index (χ0) is 21.5. The normalized spacial score (nSPS) is 22.0. The van der Waals surface area contributed by atoms with Crippen molar-refractivity contribution in [3.63, 3.8) is 0 Å². The summed E-state index contributed by atoms with van der Waals surface area (Å²) in [4.78, 5) is 31.1. The Balaban J connectivity index is 1.61. The molecular weight excluding hydrogens is 385 g/mol. The summed E-state index contributed by atoms with van der Waals surface area (Å²) < 4.78 is 13.2. The Morgan fingerprint density at radius 3 is 2.30 bits per heavy atom. The van der Waals surface area contributed by atoms with Gasteiger partial charge in [0.15, 0.2) is 0 Å². The number of hydrogen-bond acceptors (Lipinski definition) is 4. The number of aliphatic hydroxyl groups excluding tert-OH is 1. The van der Waals surface area contributed by atoms with Crippen LogP contribution in [0.15, 0.2) is 54.6 Å². The highest BCUT2D eigenvalue weighted by atomic mass is 19.1. The van der Waals surface area contributed by atoms with Gasteiger partial charge in [0.25, 0.3) is 5.91 Å². The predicted molar refractivity (Wildman–Crippen MR) is 110 cm³/mol. The van der Waals surface area contributed by atoms with E-state index in [-0.39, 0.29) is 42.7 Å². The molecule has 7 heteroatoms. The molecule has 0 aliphatic carbocycles. The van der Waals surface area contributed by atoms with Crippen LogP contribution in [0.5, 0.6) is 0 Å². The average Bonchev–Trinajstić information content (AvgIpc) is 2.67. The molecule has 2 atom stereocenters. The van der Waals surface area contributed by atoms with Crippen molar-refractivity contribution in [3.8, 4) is 0 Å². The molecule has 2 aliphatic heterocycles. The van der Waals surface area contributed by atoms with E-state index in [1.807, 2.05) is 44.4 Å². The lowest BCUT2D eigenvalue weighted by Crippen LogP contribution is -2.86. The van der Waals surface area contributed by atoms with Crippen LogP contribution in [-0.4, -0.2) is 83.5 Å². The van der Waals surface area contributed by atoms with E-state index in [9.17, 15) is 19.1 Å². The van der Waals surface area contributed by atoms with Crippen molar-refractivity contribution >= 4 is 11.8 Å². The molecule has 2 saturated heterocycles. The number of aliphatic hydroxyl groups is 1. The fourth-order valence-electron chi connectivity index (χ4n) is 4.95. The Bertz CT molecular complexity index is 926. The van der Waals surface area contributed by atoms with Crippen LogP contribution in [0.4, 0.5) is 4.39 Å². The van der Waals surface area contributed by atoms with Crippen molar-refractivity contribution in [2.75, 3.05) is 40.3 Å².